The molecule has 1 saturated carbocycles. The van der Waals surface area contributed by atoms with Crippen LogP contribution in [-0.4, -0.2) is 23.9 Å². The van der Waals surface area contributed by atoms with Gasteiger partial charge in [-0.05, 0) is 25.2 Å². The average molecular weight is 178 g/mol. The molecule has 0 aromatic heterocycles. The Labute approximate surface area is 78.3 Å². The number of hydrogen-bond donors (Lipinski definition) is 0. The van der Waals surface area contributed by atoms with E-state index in [0.29, 0.717) is 5.92 Å². The minimum atomic E-state index is -0.625. The number of likely N-dealkylation sites (tertiary alicyclic amines) is 1. The zero-order valence-corrected chi connectivity index (χ0v) is 7.92. The predicted octanol–water partition coefficient (Wildman–Crippen LogP) is 1.16. The maximum absolute atomic E-state index is 11.8. The smallest absolute Gasteiger partial charge is 0.243 e. The third-order valence-corrected chi connectivity index (χ3v) is 3.18. The average Bonchev–Trinajstić information content (AvgIpc) is 1.97. The van der Waals surface area contributed by atoms with Crippen LogP contribution < -0.4 is 0 Å². The maximum atomic E-state index is 11.8. The van der Waals surface area contributed by atoms with Gasteiger partial charge in [0.15, 0.2) is 0 Å². The predicted molar refractivity (Wildman–Crippen MR) is 47.6 cm³/mol. The first-order valence-electron chi connectivity index (χ1n) is 4.88. The van der Waals surface area contributed by atoms with Gasteiger partial charge in [-0.15, -0.1) is 0 Å². The van der Waals surface area contributed by atoms with Crippen molar-refractivity contribution < 1.29 is 4.79 Å². The third kappa shape index (κ3) is 1.13. The summed E-state index contributed by atoms with van der Waals surface area (Å²) in [6.07, 6.45) is 2.57. The maximum Gasteiger partial charge on any atom is 0.243 e. The molecule has 1 aliphatic heterocycles. The van der Waals surface area contributed by atoms with E-state index in [2.05, 4.69) is 13.0 Å². The molecule has 0 bridgehead atoms. The Bertz CT molecular complexity index is 269. The molecular weight excluding hydrogens is 164 g/mol. The lowest BCUT2D eigenvalue weighted by atomic mass is 9.68. The summed E-state index contributed by atoms with van der Waals surface area (Å²) in [6.45, 7) is 3.83. The summed E-state index contributed by atoms with van der Waals surface area (Å²) in [5, 5.41) is 8.94. The van der Waals surface area contributed by atoms with Crippen molar-refractivity contribution in [2.24, 2.45) is 11.3 Å². The molecule has 0 unspecified atom stereocenters. The van der Waals surface area contributed by atoms with Crippen molar-refractivity contribution in [3.63, 3.8) is 0 Å². The SMILES string of the molecule is CC1CN(C(=O)C2(C#N)CCC2)C1. The monoisotopic (exact) mass is 178 g/mol. The van der Waals surface area contributed by atoms with Gasteiger partial charge in [0.05, 0.1) is 6.07 Å². The molecule has 0 spiro atoms. The van der Waals surface area contributed by atoms with E-state index in [-0.39, 0.29) is 5.91 Å². The number of nitriles is 1. The molecule has 0 aromatic rings. The van der Waals surface area contributed by atoms with Crippen molar-refractivity contribution in [2.75, 3.05) is 13.1 Å². The molecular formula is C10H14N2O. The van der Waals surface area contributed by atoms with Crippen molar-refractivity contribution in [3.05, 3.63) is 0 Å². The van der Waals surface area contributed by atoms with Crippen LogP contribution in [0.25, 0.3) is 0 Å². The molecule has 1 amide bonds. The standard InChI is InChI=1S/C10H14N2O/c1-8-5-12(6-8)9(13)10(7-11)3-2-4-10/h8H,2-6H2,1H3. The fraction of sp³-hybridized carbons (Fsp3) is 0.800. The first-order valence-corrected chi connectivity index (χ1v) is 4.88. The minimum Gasteiger partial charge on any atom is -0.341 e. The van der Waals surface area contributed by atoms with Gasteiger partial charge >= 0.3 is 0 Å². The van der Waals surface area contributed by atoms with Crippen LogP contribution in [0.3, 0.4) is 0 Å². The molecule has 1 heterocycles. The van der Waals surface area contributed by atoms with Crippen molar-refractivity contribution in [1.82, 2.24) is 4.90 Å². The molecule has 2 aliphatic rings. The van der Waals surface area contributed by atoms with Crippen LogP contribution in [0.15, 0.2) is 0 Å². The van der Waals surface area contributed by atoms with E-state index in [0.717, 1.165) is 32.4 Å². The van der Waals surface area contributed by atoms with Gasteiger partial charge in [0.2, 0.25) is 5.91 Å². The van der Waals surface area contributed by atoms with Crippen molar-refractivity contribution in [2.45, 2.75) is 26.2 Å². The summed E-state index contributed by atoms with van der Waals surface area (Å²) in [7, 11) is 0. The summed E-state index contributed by atoms with van der Waals surface area (Å²) in [5.74, 6) is 0.708. The van der Waals surface area contributed by atoms with Gasteiger partial charge in [-0.1, -0.05) is 6.92 Å². The fourth-order valence-electron chi connectivity index (χ4n) is 2.07. The molecule has 70 valence electrons. The second kappa shape index (κ2) is 2.73. The van der Waals surface area contributed by atoms with E-state index in [1.165, 1.54) is 0 Å². The van der Waals surface area contributed by atoms with Gasteiger partial charge < -0.3 is 4.90 Å². The van der Waals surface area contributed by atoms with E-state index in [4.69, 9.17) is 5.26 Å². The molecule has 2 fully saturated rings. The zero-order valence-electron chi connectivity index (χ0n) is 7.92. The molecule has 1 aliphatic carbocycles. The lowest BCUT2D eigenvalue weighted by Gasteiger charge is -2.44. The topological polar surface area (TPSA) is 44.1 Å². The number of carbonyl (C=O) groups is 1. The van der Waals surface area contributed by atoms with Gasteiger partial charge in [-0.25, -0.2) is 0 Å². The Hall–Kier alpha value is -1.04. The second-order valence-corrected chi connectivity index (χ2v) is 4.36. The lowest BCUT2D eigenvalue weighted by molar-refractivity contribution is -0.149. The molecule has 13 heavy (non-hydrogen) atoms. The zero-order chi connectivity index (χ0) is 9.47. The third-order valence-electron chi connectivity index (χ3n) is 3.18. The van der Waals surface area contributed by atoms with Crippen LogP contribution in [-0.2, 0) is 4.79 Å². The van der Waals surface area contributed by atoms with Gasteiger partial charge in [0.25, 0.3) is 0 Å². The number of carbonyl (C=O) groups excluding carboxylic acids is 1. The number of hydrogen-bond acceptors (Lipinski definition) is 2. The first kappa shape index (κ1) is 8.55. The quantitative estimate of drug-likeness (QED) is 0.604. The minimum absolute atomic E-state index is 0.0827. The lowest BCUT2D eigenvalue weighted by Crippen LogP contribution is -2.55. The van der Waals surface area contributed by atoms with Gasteiger partial charge in [0.1, 0.15) is 5.41 Å². The summed E-state index contributed by atoms with van der Waals surface area (Å²) in [5.41, 5.74) is -0.625. The molecule has 3 heteroatoms. The highest BCUT2D eigenvalue weighted by Crippen LogP contribution is 2.42. The van der Waals surface area contributed by atoms with Crippen LogP contribution in [0.4, 0.5) is 0 Å². The summed E-state index contributed by atoms with van der Waals surface area (Å²) >= 11 is 0. The number of rotatable bonds is 1. The Morgan fingerprint density at radius 3 is 2.46 bits per heavy atom. The Balaban J connectivity index is 2.01. The second-order valence-electron chi connectivity index (χ2n) is 4.36. The number of amides is 1. The van der Waals surface area contributed by atoms with E-state index in [1.807, 2.05) is 4.90 Å². The van der Waals surface area contributed by atoms with Crippen LogP contribution in [0.1, 0.15) is 26.2 Å². The molecule has 0 radical (unpaired) electrons. The van der Waals surface area contributed by atoms with Gasteiger partial charge in [-0.2, -0.15) is 5.26 Å². The normalized spacial score (nSPS) is 25.7. The van der Waals surface area contributed by atoms with Gasteiger partial charge in [-0.3, -0.25) is 4.79 Å². The van der Waals surface area contributed by atoms with E-state index < -0.39 is 5.41 Å². The van der Waals surface area contributed by atoms with Crippen LogP contribution in [0.5, 0.6) is 0 Å². The van der Waals surface area contributed by atoms with E-state index in [1.54, 1.807) is 0 Å². The Morgan fingerprint density at radius 1 is 1.54 bits per heavy atom. The van der Waals surface area contributed by atoms with Crippen LogP contribution >= 0.6 is 0 Å². The molecule has 2 rings (SSSR count). The van der Waals surface area contributed by atoms with E-state index >= 15 is 0 Å². The highest BCUT2D eigenvalue weighted by atomic mass is 16.2. The Kier molecular flexibility index (Phi) is 1.80. The van der Waals surface area contributed by atoms with Crippen molar-refractivity contribution in [3.8, 4) is 6.07 Å². The molecule has 1 saturated heterocycles. The highest BCUT2D eigenvalue weighted by Gasteiger charge is 2.48. The van der Waals surface area contributed by atoms with Crippen molar-refractivity contribution in [1.29, 1.82) is 5.26 Å². The van der Waals surface area contributed by atoms with E-state index in [9.17, 15) is 4.79 Å². The first-order chi connectivity index (χ1) is 6.18. The molecule has 0 atom stereocenters. The molecule has 0 aromatic carbocycles. The highest BCUT2D eigenvalue weighted by molar-refractivity contribution is 5.87. The largest absolute Gasteiger partial charge is 0.341 e. The summed E-state index contributed by atoms with van der Waals surface area (Å²) < 4.78 is 0. The summed E-state index contributed by atoms with van der Waals surface area (Å²) in [6, 6.07) is 2.19. The Morgan fingerprint density at radius 2 is 2.15 bits per heavy atom. The molecule has 0 N–H and O–H groups in total. The van der Waals surface area contributed by atoms with Crippen molar-refractivity contribution >= 4 is 5.91 Å². The molecule has 3 nitrogen and oxygen atoms in total. The van der Waals surface area contributed by atoms with Crippen LogP contribution in [0.2, 0.25) is 0 Å². The fourth-order valence-corrected chi connectivity index (χ4v) is 2.07. The van der Waals surface area contributed by atoms with Crippen LogP contribution in [0, 0.1) is 22.7 Å². The number of nitrogens with zero attached hydrogens (tertiary/aromatic N) is 2. The van der Waals surface area contributed by atoms with Gasteiger partial charge in [0, 0.05) is 13.1 Å². The summed E-state index contributed by atoms with van der Waals surface area (Å²) in [4.78, 5) is 13.6.